The van der Waals surface area contributed by atoms with Crippen molar-refractivity contribution < 1.29 is 28.9 Å². The quantitative estimate of drug-likeness (QED) is 0.235. The zero-order valence-electron chi connectivity index (χ0n) is 21.3. The number of ether oxygens (including phenoxy) is 3. The van der Waals surface area contributed by atoms with Crippen LogP contribution < -0.4 is 14.2 Å². The van der Waals surface area contributed by atoms with Crippen LogP contribution >= 0.6 is 0 Å². The molecule has 0 radical (unpaired) electrons. The van der Waals surface area contributed by atoms with Crippen LogP contribution in [0.5, 0.6) is 17.2 Å². The van der Waals surface area contributed by atoms with E-state index in [-0.39, 0.29) is 11.3 Å². The Labute approximate surface area is 216 Å². The number of aliphatic hydroxyl groups is 1. The van der Waals surface area contributed by atoms with Crippen molar-refractivity contribution in [3.63, 3.8) is 0 Å². The lowest BCUT2D eigenvalue weighted by atomic mass is 9.94. The van der Waals surface area contributed by atoms with Gasteiger partial charge in [-0.05, 0) is 55.7 Å². The average Bonchev–Trinajstić information content (AvgIpc) is 3.17. The van der Waals surface area contributed by atoms with Crippen molar-refractivity contribution in [2.45, 2.75) is 26.3 Å². The van der Waals surface area contributed by atoms with Gasteiger partial charge in [-0.2, -0.15) is 0 Å². The van der Waals surface area contributed by atoms with Crippen LogP contribution in [0.2, 0.25) is 0 Å². The monoisotopic (exact) mass is 501 g/mol. The lowest BCUT2D eigenvalue weighted by molar-refractivity contribution is -0.139. The third-order valence-electron chi connectivity index (χ3n) is 6.25. The van der Waals surface area contributed by atoms with Crippen LogP contribution in [0.3, 0.4) is 0 Å². The summed E-state index contributed by atoms with van der Waals surface area (Å²) in [7, 11) is 1.53. The fraction of sp³-hybridized carbons (Fsp3) is 0.267. The first-order chi connectivity index (χ1) is 18.0. The van der Waals surface area contributed by atoms with E-state index in [1.165, 1.54) is 12.0 Å². The van der Waals surface area contributed by atoms with Gasteiger partial charge in [0.15, 0.2) is 11.5 Å². The molecule has 0 saturated carbocycles. The highest BCUT2D eigenvalue weighted by atomic mass is 16.5. The van der Waals surface area contributed by atoms with E-state index in [2.05, 4.69) is 0 Å². The van der Waals surface area contributed by atoms with Gasteiger partial charge in [0.2, 0.25) is 0 Å². The number of ketones is 1. The van der Waals surface area contributed by atoms with Crippen molar-refractivity contribution in [1.29, 1.82) is 0 Å². The Kier molecular flexibility index (Phi) is 8.13. The van der Waals surface area contributed by atoms with Gasteiger partial charge < -0.3 is 24.2 Å². The van der Waals surface area contributed by atoms with Gasteiger partial charge >= 0.3 is 0 Å². The fourth-order valence-electron chi connectivity index (χ4n) is 4.54. The Morgan fingerprint density at radius 3 is 2.35 bits per heavy atom. The normalized spacial score (nSPS) is 16.6. The highest BCUT2D eigenvalue weighted by Gasteiger charge is 2.46. The number of carbonyl (C=O) groups is 2. The molecule has 37 heavy (non-hydrogen) atoms. The lowest BCUT2D eigenvalue weighted by Gasteiger charge is -2.26. The summed E-state index contributed by atoms with van der Waals surface area (Å²) in [5.74, 6) is -0.0450. The Bertz CT molecular complexity index is 1300. The molecule has 7 heteroatoms. The first-order valence-electron chi connectivity index (χ1n) is 12.3. The Morgan fingerprint density at radius 1 is 0.892 bits per heavy atom. The molecule has 3 aromatic rings. The maximum Gasteiger partial charge on any atom is 0.295 e. The molecule has 1 saturated heterocycles. The Balaban J connectivity index is 1.82. The van der Waals surface area contributed by atoms with Crippen LogP contribution in [0.4, 0.5) is 0 Å². The largest absolute Gasteiger partial charge is 0.507 e. The van der Waals surface area contributed by atoms with Gasteiger partial charge in [-0.3, -0.25) is 9.59 Å². The molecule has 0 bridgehead atoms. The summed E-state index contributed by atoms with van der Waals surface area (Å²) in [6, 6.07) is 21.1. The lowest BCUT2D eigenvalue weighted by Crippen LogP contribution is -2.31. The van der Waals surface area contributed by atoms with E-state index >= 15 is 0 Å². The van der Waals surface area contributed by atoms with E-state index in [9.17, 15) is 14.7 Å². The van der Waals surface area contributed by atoms with Crippen LogP contribution in [0.25, 0.3) is 5.76 Å². The van der Waals surface area contributed by atoms with Crippen LogP contribution in [0.15, 0.2) is 78.4 Å². The second-order valence-corrected chi connectivity index (χ2v) is 8.53. The Hall–Kier alpha value is -4.26. The maximum atomic E-state index is 13.4. The number of Topliss-reactive ketones (excluding diaryl/α,β-unsaturated/α-hetero) is 1. The summed E-state index contributed by atoms with van der Waals surface area (Å²) in [5, 5.41) is 11.4. The molecule has 1 amide bonds. The average molecular weight is 502 g/mol. The fourth-order valence-corrected chi connectivity index (χ4v) is 4.54. The number of nitrogens with zero attached hydrogens (tertiary/aromatic N) is 1. The molecule has 0 aliphatic carbocycles. The number of methoxy groups -OCH3 is 1. The van der Waals surface area contributed by atoms with Crippen molar-refractivity contribution in [1.82, 2.24) is 4.90 Å². The van der Waals surface area contributed by atoms with E-state index in [0.29, 0.717) is 54.6 Å². The van der Waals surface area contributed by atoms with E-state index in [4.69, 9.17) is 14.2 Å². The smallest absolute Gasteiger partial charge is 0.295 e. The second-order valence-electron chi connectivity index (χ2n) is 8.53. The van der Waals surface area contributed by atoms with Crippen molar-refractivity contribution >= 4 is 17.4 Å². The number of hydrogen-bond donors (Lipinski definition) is 1. The van der Waals surface area contributed by atoms with Gasteiger partial charge in [-0.1, -0.05) is 48.5 Å². The van der Waals surface area contributed by atoms with Crippen molar-refractivity contribution in [2.75, 3.05) is 26.9 Å². The summed E-state index contributed by atoms with van der Waals surface area (Å²) < 4.78 is 16.8. The molecular weight excluding hydrogens is 470 g/mol. The molecule has 4 rings (SSSR count). The number of likely N-dealkylation sites (tertiary alicyclic amines) is 1. The van der Waals surface area contributed by atoms with Gasteiger partial charge in [0, 0.05) is 12.1 Å². The summed E-state index contributed by atoms with van der Waals surface area (Å²) >= 11 is 0. The number of amides is 1. The molecule has 192 valence electrons. The third kappa shape index (κ3) is 5.45. The minimum atomic E-state index is -0.802. The number of benzene rings is 3. The van der Waals surface area contributed by atoms with E-state index in [1.54, 1.807) is 42.5 Å². The summed E-state index contributed by atoms with van der Waals surface area (Å²) in [6.45, 7) is 4.96. The third-order valence-corrected chi connectivity index (χ3v) is 6.25. The van der Waals surface area contributed by atoms with E-state index in [0.717, 1.165) is 5.56 Å². The van der Waals surface area contributed by atoms with E-state index in [1.807, 2.05) is 44.2 Å². The van der Waals surface area contributed by atoms with Crippen molar-refractivity contribution in [3.05, 3.63) is 95.1 Å². The highest BCUT2D eigenvalue weighted by molar-refractivity contribution is 6.46. The predicted molar refractivity (Wildman–Crippen MR) is 141 cm³/mol. The maximum absolute atomic E-state index is 13.4. The molecule has 1 aliphatic heterocycles. The van der Waals surface area contributed by atoms with Crippen molar-refractivity contribution in [3.8, 4) is 17.2 Å². The summed E-state index contributed by atoms with van der Waals surface area (Å²) in [5.41, 5.74) is 2.10. The van der Waals surface area contributed by atoms with Gasteiger partial charge in [0.25, 0.3) is 11.7 Å². The molecule has 1 N–H and O–H groups in total. The predicted octanol–water partition coefficient (Wildman–Crippen LogP) is 5.16. The Morgan fingerprint density at radius 2 is 1.65 bits per heavy atom. The standard InChI is InChI=1S/C30H31NO6/c1-4-36-23-13-9-12-22(18-23)28(32)26-27(21-14-15-24(37-5-2)25(19-21)35-3)31(30(34)29(26)33)17-16-20-10-7-6-8-11-20/h6-15,18-19,27,32H,4-5,16-17H2,1-3H3. The summed E-state index contributed by atoms with van der Waals surface area (Å²) in [4.78, 5) is 28.2. The summed E-state index contributed by atoms with van der Waals surface area (Å²) in [6.07, 6.45) is 0.554. The molecule has 1 unspecified atom stereocenters. The zero-order valence-corrected chi connectivity index (χ0v) is 21.3. The first kappa shape index (κ1) is 25.8. The van der Waals surface area contributed by atoms with E-state index < -0.39 is 17.7 Å². The molecule has 7 nitrogen and oxygen atoms in total. The minimum Gasteiger partial charge on any atom is -0.507 e. The second kappa shape index (κ2) is 11.6. The van der Waals surface area contributed by atoms with Crippen molar-refractivity contribution in [2.24, 2.45) is 0 Å². The van der Waals surface area contributed by atoms with Gasteiger partial charge in [0.05, 0.1) is 31.9 Å². The van der Waals surface area contributed by atoms with Gasteiger partial charge in [-0.15, -0.1) is 0 Å². The van der Waals surface area contributed by atoms with Crippen LogP contribution in [0.1, 0.15) is 36.6 Å². The molecule has 0 aromatic heterocycles. The zero-order chi connectivity index (χ0) is 26.4. The number of hydrogen-bond acceptors (Lipinski definition) is 6. The SMILES string of the molecule is CCOc1cccc(C(O)=C2C(=O)C(=O)N(CCc3ccccc3)C2c2ccc(OCC)c(OC)c2)c1. The molecular formula is C30H31NO6. The molecule has 1 heterocycles. The van der Waals surface area contributed by atoms with Gasteiger partial charge in [-0.25, -0.2) is 0 Å². The number of carbonyl (C=O) groups excluding carboxylic acids is 2. The van der Waals surface area contributed by atoms with Crippen LogP contribution in [0, 0.1) is 0 Å². The van der Waals surface area contributed by atoms with Crippen LogP contribution in [-0.4, -0.2) is 48.6 Å². The highest BCUT2D eigenvalue weighted by Crippen LogP contribution is 2.42. The molecule has 1 fully saturated rings. The molecule has 3 aromatic carbocycles. The van der Waals surface area contributed by atoms with Crippen LogP contribution in [-0.2, 0) is 16.0 Å². The van der Waals surface area contributed by atoms with Gasteiger partial charge in [0.1, 0.15) is 11.5 Å². The number of aliphatic hydroxyl groups excluding tert-OH is 1. The number of rotatable bonds is 10. The topological polar surface area (TPSA) is 85.3 Å². The molecule has 0 spiro atoms. The molecule has 1 aliphatic rings. The molecule has 1 atom stereocenters. The minimum absolute atomic E-state index is 0.0259. The first-order valence-corrected chi connectivity index (χ1v) is 12.3.